The predicted octanol–water partition coefficient (Wildman–Crippen LogP) is 4.58. The molecule has 2 aliphatic heterocycles. The second-order valence-electron chi connectivity index (χ2n) is 9.44. The van der Waals surface area contributed by atoms with Crippen molar-refractivity contribution in [1.29, 1.82) is 0 Å². The van der Waals surface area contributed by atoms with Crippen LogP contribution in [0.15, 0.2) is 78.7 Å². The van der Waals surface area contributed by atoms with Gasteiger partial charge in [0.15, 0.2) is 0 Å². The SMILES string of the molecule is Cc1ccccc1NC(=O)Nc1ccc(C(=O)NCc2ccc3c(c2)NC2CC(=O)OC=C2N(C)C3)cc1. The third-order valence-electron chi connectivity index (χ3n) is 6.64. The monoisotopic (exact) mass is 511 g/mol. The highest BCUT2D eigenvalue weighted by Gasteiger charge is 2.30. The van der Waals surface area contributed by atoms with Crippen molar-refractivity contribution in [1.82, 2.24) is 10.2 Å². The fourth-order valence-electron chi connectivity index (χ4n) is 4.54. The van der Waals surface area contributed by atoms with E-state index in [2.05, 4.69) is 26.2 Å². The smallest absolute Gasteiger partial charge is 0.323 e. The molecule has 0 aromatic heterocycles. The van der Waals surface area contributed by atoms with E-state index in [0.29, 0.717) is 24.3 Å². The van der Waals surface area contributed by atoms with Crippen LogP contribution in [0.25, 0.3) is 0 Å². The predicted molar refractivity (Wildman–Crippen MR) is 146 cm³/mol. The lowest BCUT2D eigenvalue weighted by atomic mass is 10.1. The molecular weight excluding hydrogens is 482 g/mol. The van der Waals surface area contributed by atoms with E-state index in [4.69, 9.17) is 4.74 Å². The Hall–Kier alpha value is -4.79. The number of benzene rings is 3. The summed E-state index contributed by atoms with van der Waals surface area (Å²) in [5.74, 6) is -0.483. The molecule has 0 spiro atoms. The lowest BCUT2D eigenvalue weighted by Gasteiger charge is -2.28. The maximum absolute atomic E-state index is 12.7. The number of carbonyl (C=O) groups excluding carboxylic acids is 3. The Morgan fingerprint density at radius 1 is 1.05 bits per heavy atom. The molecule has 0 aliphatic carbocycles. The highest BCUT2D eigenvalue weighted by atomic mass is 16.5. The second-order valence-corrected chi connectivity index (χ2v) is 9.44. The molecule has 3 amide bonds. The van der Waals surface area contributed by atoms with Gasteiger partial charge in [-0.15, -0.1) is 0 Å². The summed E-state index contributed by atoms with van der Waals surface area (Å²) < 4.78 is 5.10. The van der Waals surface area contributed by atoms with Gasteiger partial charge in [-0.25, -0.2) is 4.79 Å². The molecule has 4 N–H and O–H groups in total. The maximum atomic E-state index is 12.7. The molecule has 9 nitrogen and oxygen atoms in total. The number of hydrogen-bond donors (Lipinski definition) is 4. The number of likely N-dealkylation sites (N-methyl/N-ethyl adjacent to an activating group) is 1. The van der Waals surface area contributed by atoms with E-state index in [9.17, 15) is 14.4 Å². The van der Waals surface area contributed by atoms with Crippen molar-refractivity contribution in [3.63, 3.8) is 0 Å². The average Bonchev–Trinajstić information content (AvgIpc) is 3.03. The van der Waals surface area contributed by atoms with Crippen LogP contribution in [0.5, 0.6) is 0 Å². The van der Waals surface area contributed by atoms with Crippen molar-refractivity contribution >= 4 is 35.0 Å². The molecule has 0 saturated heterocycles. The highest BCUT2D eigenvalue weighted by molar-refractivity contribution is 6.01. The topological polar surface area (TPSA) is 112 Å². The van der Waals surface area contributed by atoms with Gasteiger partial charge in [-0.1, -0.05) is 30.3 Å². The van der Waals surface area contributed by atoms with Crippen LogP contribution in [0.4, 0.5) is 21.9 Å². The quantitative estimate of drug-likeness (QED) is 0.373. The summed E-state index contributed by atoms with van der Waals surface area (Å²) in [5.41, 5.74) is 6.66. The Balaban J connectivity index is 1.18. The van der Waals surface area contributed by atoms with E-state index in [1.54, 1.807) is 24.3 Å². The van der Waals surface area contributed by atoms with Crippen LogP contribution < -0.4 is 21.3 Å². The van der Waals surface area contributed by atoms with Crippen molar-refractivity contribution in [2.24, 2.45) is 0 Å². The van der Waals surface area contributed by atoms with E-state index in [-0.39, 0.29) is 30.4 Å². The number of nitrogens with zero attached hydrogens (tertiary/aromatic N) is 1. The third-order valence-corrected chi connectivity index (χ3v) is 6.64. The molecular formula is C29H29N5O4. The number of urea groups is 1. The number of amides is 3. The number of nitrogens with one attached hydrogen (secondary N) is 4. The standard InChI is InChI=1S/C29H29N5O4/c1-18-5-3-4-6-23(18)33-29(37)31-22-11-9-20(10-12-22)28(36)30-15-19-7-8-21-16-34(2)26-17-38-27(35)14-25(26)32-24(21)13-19/h3-13,17,25,32H,14-16H2,1-2H3,(H,30,36)(H2,31,33,37). The summed E-state index contributed by atoms with van der Waals surface area (Å²) in [6.45, 7) is 2.95. The Morgan fingerprint density at radius 3 is 2.63 bits per heavy atom. The van der Waals surface area contributed by atoms with Gasteiger partial charge >= 0.3 is 12.0 Å². The molecule has 0 saturated carbocycles. The summed E-state index contributed by atoms with van der Waals surface area (Å²) in [5, 5.41) is 12.0. The molecule has 1 atom stereocenters. The third kappa shape index (κ3) is 5.62. The van der Waals surface area contributed by atoms with Gasteiger partial charge in [0, 0.05) is 42.8 Å². The lowest BCUT2D eigenvalue weighted by molar-refractivity contribution is -0.139. The van der Waals surface area contributed by atoms with Crippen LogP contribution in [-0.4, -0.2) is 35.9 Å². The molecule has 5 rings (SSSR count). The van der Waals surface area contributed by atoms with Crippen LogP contribution >= 0.6 is 0 Å². The molecule has 3 aromatic carbocycles. The molecule has 2 heterocycles. The number of ether oxygens (including phenoxy) is 1. The summed E-state index contributed by atoms with van der Waals surface area (Å²) in [6, 6.07) is 19.8. The molecule has 38 heavy (non-hydrogen) atoms. The normalized spacial score (nSPS) is 16.1. The second kappa shape index (κ2) is 10.7. The van der Waals surface area contributed by atoms with Gasteiger partial charge in [0.05, 0.1) is 18.2 Å². The number of anilines is 3. The van der Waals surface area contributed by atoms with E-state index in [0.717, 1.165) is 33.8 Å². The summed E-state index contributed by atoms with van der Waals surface area (Å²) >= 11 is 0. The van der Waals surface area contributed by atoms with Gasteiger partial charge in [0.2, 0.25) is 0 Å². The van der Waals surface area contributed by atoms with Crippen molar-refractivity contribution < 1.29 is 19.1 Å². The first-order valence-electron chi connectivity index (χ1n) is 12.4. The average molecular weight is 512 g/mol. The molecule has 3 aromatic rings. The summed E-state index contributed by atoms with van der Waals surface area (Å²) in [6.07, 6.45) is 1.78. The largest absolute Gasteiger partial charge is 0.432 e. The van der Waals surface area contributed by atoms with Crippen molar-refractivity contribution in [2.45, 2.75) is 32.5 Å². The molecule has 1 unspecified atom stereocenters. The first kappa shape index (κ1) is 24.9. The molecule has 0 fully saturated rings. The van der Waals surface area contributed by atoms with E-state index in [1.807, 2.05) is 56.4 Å². The number of cyclic esters (lactones) is 1. The van der Waals surface area contributed by atoms with Gasteiger partial charge in [-0.2, -0.15) is 0 Å². The van der Waals surface area contributed by atoms with E-state index in [1.165, 1.54) is 6.26 Å². The minimum absolute atomic E-state index is 0.154. The number of rotatable bonds is 5. The molecule has 194 valence electrons. The first-order valence-corrected chi connectivity index (χ1v) is 12.4. The Kier molecular flexibility index (Phi) is 6.99. The number of fused-ring (bicyclic) bond motifs is 2. The van der Waals surface area contributed by atoms with Gasteiger partial charge in [-0.3, -0.25) is 9.59 Å². The zero-order valence-corrected chi connectivity index (χ0v) is 21.2. The highest BCUT2D eigenvalue weighted by Crippen LogP contribution is 2.30. The zero-order valence-electron chi connectivity index (χ0n) is 21.2. The number of hydrogen-bond acceptors (Lipinski definition) is 6. The number of aryl methyl sites for hydroxylation is 1. The fourth-order valence-corrected chi connectivity index (χ4v) is 4.54. The number of para-hydroxylation sites is 1. The first-order chi connectivity index (χ1) is 18.4. The van der Waals surface area contributed by atoms with Crippen LogP contribution in [-0.2, 0) is 22.6 Å². The van der Waals surface area contributed by atoms with Crippen molar-refractivity contribution in [3.8, 4) is 0 Å². The maximum Gasteiger partial charge on any atom is 0.323 e. The Bertz CT molecular complexity index is 1420. The number of esters is 1. The van der Waals surface area contributed by atoms with Crippen LogP contribution in [0.3, 0.4) is 0 Å². The fraction of sp³-hybridized carbons (Fsp3) is 0.207. The Morgan fingerprint density at radius 2 is 1.84 bits per heavy atom. The Labute approximate surface area is 220 Å². The molecule has 9 heteroatoms. The molecule has 0 bridgehead atoms. The van der Waals surface area contributed by atoms with E-state index < -0.39 is 0 Å². The van der Waals surface area contributed by atoms with Gasteiger partial charge in [-0.05, 0) is 60.0 Å². The van der Waals surface area contributed by atoms with Gasteiger partial charge < -0.3 is 30.9 Å². The van der Waals surface area contributed by atoms with Crippen LogP contribution in [0.2, 0.25) is 0 Å². The minimum atomic E-state index is -0.354. The zero-order chi connectivity index (χ0) is 26.6. The molecule has 0 radical (unpaired) electrons. The van der Waals surface area contributed by atoms with Gasteiger partial charge in [0.1, 0.15) is 6.26 Å². The number of carbonyl (C=O) groups is 3. The van der Waals surface area contributed by atoms with E-state index >= 15 is 0 Å². The lowest BCUT2D eigenvalue weighted by Crippen LogP contribution is -2.34. The van der Waals surface area contributed by atoms with Crippen LogP contribution in [0, 0.1) is 6.92 Å². The molecule has 2 aliphatic rings. The van der Waals surface area contributed by atoms with Gasteiger partial charge in [0.25, 0.3) is 5.91 Å². The summed E-state index contributed by atoms with van der Waals surface area (Å²) in [7, 11) is 1.97. The van der Waals surface area contributed by atoms with Crippen LogP contribution in [0.1, 0.15) is 33.5 Å². The van der Waals surface area contributed by atoms with Crippen molar-refractivity contribution in [2.75, 3.05) is 23.0 Å². The minimum Gasteiger partial charge on any atom is -0.432 e. The van der Waals surface area contributed by atoms with Crippen molar-refractivity contribution in [3.05, 3.63) is 101 Å². The summed E-state index contributed by atoms with van der Waals surface area (Å²) in [4.78, 5) is 38.9.